The molecule has 1 fully saturated rings. The summed E-state index contributed by atoms with van der Waals surface area (Å²) in [4.78, 5) is 48.7. The molecule has 0 aliphatic carbocycles. The van der Waals surface area contributed by atoms with E-state index < -0.39 is 29.3 Å². The lowest BCUT2D eigenvalue weighted by atomic mass is 10.1. The third-order valence-electron chi connectivity index (χ3n) is 4.99. The second-order valence-electron chi connectivity index (χ2n) is 7.25. The maximum atomic E-state index is 12.7. The van der Waals surface area contributed by atoms with Gasteiger partial charge in [0.1, 0.15) is 34.5 Å². The van der Waals surface area contributed by atoms with Crippen molar-refractivity contribution in [2.45, 2.75) is 0 Å². The van der Waals surface area contributed by atoms with Gasteiger partial charge in [-0.05, 0) is 36.4 Å². The van der Waals surface area contributed by atoms with Crippen LogP contribution in [0.3, 0.4) is 0 Å². The topological polar surface area (TPSA) is 144 Å². The molecule has 178 valence electrons. The van der Waals surface area contributed by atoms with E-state index in [1.807, 2.05) is 0 Å². The van der Waals surface area contributed by atoms with Gasteiger partial charge in [0.05, 0.1) is 17.7 Å². The van der Waals surface area contributed by atoms with Crippen LogP contribution in [0.25, 0.3) is 17.4 Å². The number of nitrogens with one attached hydrogen (secondary N) is 2. The van der Waals surface area contributed by atoms with Gasteiger partial charge < -0.3 is 19.8 Å². The molecule has 1 aliphatic rings. The molecule has 1 saturated heterocycles. The van der Waals surface area contributed by atoms with E-state index in [2.05, 4.69) is 10.6 Å². The molecule has 4 rings (SSSR count). The average Bonchev–Trinajstić information content (AvgIpc) is 3.40. The van der Waals surface area contributed by atoms with Crippen molar-refractivity contribution >= 4 is 46.9 Å². The van der Waals surface area contributed by atoms with Crippen LogP contribution < -0.4 is 15.4 Å². The van der Waals surface area contributed by atoms with Crippen molar-refractivity contribution in [1.29, 1.82) is 0 Å². The molecular weight excluding hydrogens is 480 g/mol. The van der Waals surface area contributed by atoms with E-state index in [9.17, 15) is 24.5 Å². The zero-order valence-corrected chi connectivity index (χ0v) is 18.9. The van der Waals surface area contributed by atoms with Gasteiger partial charge in [0.25, 0.3) is 11.6 Å². The maximum Gasteiger partial charge on any atom is 0.329 e. The number of anilines is 1. The van der Waals surface area contributed by atoms with Crippen molar-refractivity contribution in [2.24, 2.45) is 0 Å². The molecule has 3 aromatic rings. The van der Waals surface area contributed by atoms with Gasteiger partial charge in [-0.25, -0.2) is 9.69 Å². The number of furan rings is 1. The minimum Gasteiger partial charge on any atom is -0.495 e. The molecule has 0 saturated carbocycles. The number of benzene rings is 2. The number of para-hydroxylation sites is 2. The summed E-state index contributed by atoms with van der Waals surface area (Å²) in [6.45, 7) is -0.516. The summed E-state index contributed by atoms with van der Waals surface area (Å²) in [5, 5.41) is 16.1. The predicted molar refractivity (Wildman–Crippen MR) is 126 cm³/mol. The lowest BCUT2D eigenvalue weighted by Crippen LogP contribution is -2.38. The first-order valence-electron chi connectivity index (χ1n) is 10.1. The molecule has 1 aliphatic heterocycles. The number of amides is 4. The maximum absolute atomic E-state index is 12.7. The van der Waals surface area contributed by atoms with E-state index in [1.165, 1.54) is 31.4 Å². The molecule has 0 atom stereocenters. The lowest BCUT2D eigenvalue weighted by molar-refractivity contribution is -0.384. The molecule has 0 bridgehead atoms. The van der Waals surface area contributed by atoms with Crippen LogP contribution in [-0.4, -0.2) is 41.3 Å². The van der Waals surface area contributed by atoms with Crippen molar-refractivity contribution in [1.82, 2.24) is 10.2 Å². The standard InChI is InChI=1S/C23H17ClN4O7/c1-34-20-5-3-2-4-16(20)25-21(29)12-27-22(30)17(26-23(27)31)11-14-7-9-19(35-14)13-6-8-15(24)18(10-13)28(32)33/h2-11H,12H2,1H3,(H,25,29)(H,26,31)/b17-11-. The van der Waals surface area contributed by atoms with E-state index in [4.69, 9.17) is 20.8 Å². The molecule has 35 heavy (non-hydrogen) atoms. The number of nitrogens with zero attached hydrogens (tertiary/aromatic N) is 2. The summed E-state index contributed by atoms with van der Waals surface area (Å²) in [5.74, 6) is -0.379. The number of methoxy groups -OCH3 is 1. The van der Waals surface area contributed by atoms with Crippen molar-refractivity contribution < 1.29 is 28.5 Å². The van der Waals surface area contributed by atoms with Crippen molar-refractivity contribution in [3.8, 4) is 17.1 Å². The first-order chi connectivity index (χ1) is 16.8. The Morgan fingerprint density at radius 2 is 2.00 bits per heavy atom. The van der Waals surface area contributed by atoms with Gasteiger partial charge in [-0.15, -0.1) is 0 Å². The van der Waals surface area contributed by atoms with Gasteiger partial charge in [0.2, 0.25) is 5.91 Å². The third-order valence-corrected chi connectivity index (χ3v) is 5.31. The van der Waals surface area contributed by atoms with E-state index in [1.54, 1.807) is 36.4 Å². The largest absolute Gasteiger partial charge is 0.495 e. The van der Waals surface area contributed by atoms with Gasteiger partial charge in [-0.3, -0.25) is 19.7 Å². The van der Waals surface area contributed by atoms with Gasteiger partial charge in [-0.2, -0.15) is 0 Å². The number of hydrogen-bond donors (Lipinski definition) is 2. The van der Waals surface area contributed by atoms with Crippen LogP contribution in [0.4, 0.5) is 16.2 Å². The number of carbonyl (C=O) groups excluding carboxylic acids is 3. The predicted octanol–water partition coefficient (Wildman–Crippen LogP) is 4.05. The fourth-order valence-corrected chi connectivity index (χ4v) is 3.52. The molecule has 2 heterocycles. The van der Waals surface area contributed by atoms with Crippen LogP contribution in [0.5, 0.6) is 5.75 Å². The number of carbonyl (C=O) groups is 3. The summed E-state index contributed by atoms with van der Waals surface area (Å²) in [6.07, 6.45) is 1.30. The third kappa shape index (κ3) is 4.99. The van der Waals surface area contributed by atoms with E-state index in [0.717, 1.165) is 4.90 Å². The van der Waals surface area contributed by atoms with Gasteiger partial charge in [0.15, 0.2) is 0 Å². The van der Waals surface area contributed by atoms with Crippen LogP contribution >= 0.6 is 11.6 Å². The summed E-state index contributed by atoms with van der Waals surface area (Å²) in [5.41, 5.74) is 0.430. The van der Waals surface area contributed by atoms with Gasteiger partial charge in [-0.1, -0.05) is 23.7 Å². The first kappa shape index (κ1) is 23.5. The number of nitro benzene ring substituents is 1. The Bertz CT molecular complexity index is 1380. The van der Waals surface area contributed by atoms with Crippen LogP contribution in [0.2, 0.25) is 5.02 Å². The highest BCUT2D eigenvalue weighted by atomic mass is 35.5. The molecule has 0 unspecified atom stereocenters. The number of ether oxygens (including phenoxy) is 1. The molecule has 12 heteroatoms. The second-order valence-corrected chi connectivity index (χ2v) is 7.66. The quantitative estimate of drug-likeness (QED) is 0.217. The van der Waals surface area contributed by atoms with E-state index in [0.29, 0.717) is 22.8 Å². The molecule has 2 N–H and O–H groups in total. The van der Waals surface area contributed by atoms with Crippen LogP contribution in [-0.2, 0) is 9.59 Å². The van der Waals surface area contributed by atoms with Crippen LogP contribution in [0.1, 0.15) is 5.76 Å². The van der Waals surface area contributed by atoms with Crippen LogP contribution in [0, 0.1) is 10.1 Å². The number of imide groups is 1. The molecular formula is C23H17ClN4O7. The summed E-state index contributed by atoms with van der Waals surface area (Å²) < 4.78 is 10.8. The number of urea groups is 1. The SMILES string of the molecule is COc1ccccc1NC(=O)CN1C(=O)N/C(=C\c2ccc(-c3ccc(Cl)c([N+](=O)[O-])c3)o2)C1=O. The van der Waals surface area contributed by atoms with Gasteiger partial charge >= 0.3 is 6.03 Å². The normalized spacial score (nSPS) is 14.2. The number of hydrogen-bond acceptors (Lipinski definition) is 7. The molecule has 11 nitrogen and oxygen atoms in total. The Morgan fingerprint density at radius 1 is 1.23 bits per heavy atom. The Hall–Kier alpha value is -4.64. The second kappa shape index (κ2) is 9.69. The Balaban J connectivity index is 1.48. The fraction of sp³-hybridized carbons (Fsp3) is 0.0870. The smallest absolute Gasteiger partial charge is 0.329 e. The highest BCUT2D eigenvalue weighted by molar-refractivity contribution is 6.32. The summed E-state index contributed by atoms with van der Waals surface area (Å²) in [6, 6.07) is 13.2. The number of halogens is 1. The molecule has 2 aromatic carbocycles. The Labute approximate surface area is 203 Å². The minimum absolute atomic E-state index is 0.0123. The molecule has 0 spiro atoms. The first-order valence-corrected chi connectivity index (χ1v) is 10.5. The highest BCUT2D eigenvalue weighted by Crippen LogP contribution is 2.31. The number of rotatable bonds is 7. The minimum atomic E-state index is -0.767. The average molecular weight is 497 g/mol. The zero-order valence-electron chi connectivity index (χ0n) is 18.1. The zero-order chi connectivity index (χ0) is 25.1. The van der Waals surface area contributed by atoms with Crippen molar-refractivity contribution in [2.75, 3.05) is 19.0 Å². The Morgan fingerprint density at radius 3 is 2.74 bits per heavy atom. The molecule has 1 aromatic heterocycles. The monoisotopic (exact) mass is 496 g/mol. The fourth-order valence-electron chi connectivity index (χ4n) is 3.33. The molecule has 0 radical (unpaired) electrons. The highest BCUT2D eigenvalue weighted by Gasteiger charge is 2.35. The lowest BCUT2D eigenvalue weighted by Gasteiger charge is -2.13. The Kier molecular flexibility index (Phi) is 6.51. The van der Waals surface area contributed by atoms with Crippen molar-refractivity contribution in [3.05, 3.63) is 81.2 Å². The van der Waals surface area contributed by atoms with Gasteiger partial charge in [0, 0.05) is 17.7 Å². The van der Waals surface area contributed by atoms with E-state index >= 15 is 0 Å². The van der Waals surface area contributed by atoms with E-state index in [-0.39, 0.29) is 22.2 Å². The molecule has 4 amide bonds. The summed E-state index contributed by atoms with van der Waals surface area (Å²) >= 11 is 5.84. The van der Waals surface area contributed by atoms with Crippen LogP contribution in [0.15, 0.2) is 64.7 Å². The van der Waals surface area contributed by atoms with Crippen molar-refractivity contribution in [3.63, 3.8) is 0 Å². The summed E-state index contributed by atoms with van der Waals surface area (Å²) in [7, 11) is 1.45. The number of nitro groups is 1.